The molecule has 0 saturated heterocycles. The topological polar surface area (TPSA) is 193 Å². The van der Waals surface area contributed by atoms with E-state index in [2.05, 4.69) is 31.3 Å². The maximum Gasteiger partial charge on any atom is 0.255 e. The number of aliphatic imine (C=N–C) groups is 2. The summed E-state index contributed by atoms with van der Waals surface area (Å²) in [5, 5.41) is 12.7. The highest BCUT2D eigenvalue weighted by molar-refractivity contribution is 7.91. The number of guanidine groups is 2. The Kier molecular flexibility index (Phi) is 9.88. The molecule has 4 aromatic carbocycles. The first-order chi connectivity index (χ1) is 24.3. The SMILES string of the molecule is CC1N=C(N)NC(c2ccc(Cl)cc2)=C1C(=O)Nc1ccc(S(=O)(=O)c2ccc(NC(=O)C3=C(c4ccc(Cl)cc4)NC(N)=NC3C)cc2)cc1. The Morgan fingerprint density at radius 2 is 0.941 bits per heavy atom. The molecule has 0 fully saturated rings. The monoisotopic (exact) mass is 742 g/mol. The highest BCUT2D eigenvalue weighted by Gasteiger charge is 2.29. The predicted octanol–water partition coefficient (Wildman–Crippen LogP) is 5.14. The number of nitrogens with zero attached hydrogens (tertiary/aromatic N) is 2. The molecule has 6 rings (SSSR count). The second-order valence-corrected chi connectivity index (χ2v) is 14.5. The Hall–Kier alpha value is -5.63. The van der Waals surface area contributed by atoms with Crippen molar-refractivity contribution in [3.63, 3.8) is 0 Å². The van der Waals surface area contributed by atoms with Gasteiger partial charge in [-0.2, -0.15) is 0 Å². The molecule has 2 atom stereocenters. The van der Waals surface area contributed by atoms with Gasteiger partial charge >= 0.3 is 0 Å². The molecule has 0 spiro atoms. The summed E-state index contributed by atoms with van der Waals surface area (Å²) in [5.74, 6) is -0.527. The van der Waals surface area contributed by atoms with Crippen molar-refractivity contribution in [2.24, 2.45) is 21.5 Å². The average molecular weight is 744 g/mol. The van der Waals surface area contributed by atoms with Crippen molar-refractivity contribution in [2.45, 2.75) is 35.7 Å². The van der Waals surface area contributed by atoms with Gasteiger partial charge in [0.25, 0.3) is 11.8 Å². The van der Waals surface area contributed by atoms with E-state index >= 15 is 0 Å². The summed E-state index contributed by atoms with van der Waals surface area (Å²) in [6.45, 7) is 3.50. The van der Waals surface area contributed by atoms with Gasteiger partial charge in [-0.3, -0.25) is 9.59 Å². The number of rotatable bonds is 8. The van der Waals surface area contributed by atoms with Crippen LogP contribution in [0.4, 0.5) is 11.4 Å². The number of anilines is 2. The van der Waals surface area contributed by atoms with E-state index in [-0.39, 0.29) is 21.7 Å². The zero-order chi connectivity index (χ0) is 36.4. The van der Waals surface area contributed by atoms with Crippen LogP contribution < -0.4 is 32.7 Å². The molecule has 15 heteroatoms. The Morgan fingerprint density at radius 1 is 0.608 bits per heavy atom. The molecule has 12 nitrogen and oxygen atoms in total. The minimum atomic E-state index is -3.95. The summed E-state index contributed by atoms with van der Waals surface area (Å²) < 4.78 is 27.0. The lowest BCUT2D eigenvalue weighted by molar-refractivity contribution is -0.113. The molecular formula is C36H32Cl2N8O4S. The van der Waals surface area contributed by atoms with Crippen molar-refractivity contribution in [2.75, 3.05) is 10.6 Å². The second-order valence-electron chi connectivity index (χ2n) is 11.7. The number of nitrogens with two attached hydrogens (primary N) is 2. The van der Waals surface area contributed by atoms with Gasteiger partial charge in [0, 0.05) is 21.4 Å². The van der Waals surface area contributed by atoms with E-state index in [0.717, 1.165) is 0 Å². The molecule has 8 N–H and O–H groups in total. The Morgan fingerprint density at radius 3 is 1.27 bits per heavy atom. The lowest BCUT2D eigenvalue weighted by Crippen LogP contribution is -2.39. The number of benzene rings is 4. The van der Waals surface area contributed by atoms with Crippen LogP contribution in [-0.4, -0.2) is 44.2 Å². The van der Waals surface area contributed by atoms with E-state index in [1.165, 1.54) is 48.5 Å². The maximum absolute atomic E-state index is 13.5. The number of nitrogens with one attached hydrogen (secondary N) is 4. The molecule has 51 heavy (non-hydrogen) atoms. The molecule has 0 bridgehead atoms. The van der Waals surface area contributed by atoms with Gasteiger partial charge in [0.2, 0.25) is 9.84 Å². The fourth-order valence-electron chi connectivity index (χ4n) is 5.68. The third-order valence-corrected chi connectivity index (χ3v) is 10.4. The Balaban J connectivity index is 1.17. The summed E-state index contributed by atoms with van der Waals surface area (Å²) >= 11 is 12.1. The molecular weight excluding hydrogens is 711 g/mol. The van der Waals surface area contributed by atoms with Crippen molar-refractivity contribution >= 4 is 79.5 Å². The first-order valence-corrected chi connectivity index (χ1v) is 17.8. The standard InChI is InChI=1S/C36H32Cl2N8O4S/c1-19-29(31(45-35(39)41-19)21-3-7-23(37)8-4-21)33(47)43-25-11-15-27(16-12-25)51(49,50)28-17-13-26(14-18-28)44-34(48)30-20(2)42-36(40)46-32(30)22-5-9-24(38)10-6-22/h3-20H,1-2H3,(H,43,47)(H,44,48)(H3,39,41,45)(H3,40,42,46). The van der Waals surface area contributed by atoms with Crippen LogP contribution in [0.5, 0.6) is 0 Å². The summed E-state index contributed by atoms with van der Waals surface area (Å²) in [7, 11) is -3.95. The average Bonchev–Trinajstić information content (AvgIpc) is 3.08. The quantitative estimate of drug-likeness (QED) is 0.143. The number of amides is 2. The summed E-state index contributed by atoms with van der Waals surface area (Å²) in [6, 6.07) is 24.4. The molecule has 0 saturated carbocycles. The van der Waals surface area contributed by atoms with Crippen LogP contribution in [0.3, 0.4) is 0 Å². The molecule has 2 aliphatic heterocycles. The van der Waals surface area contributed by atoms with E-state index in [0.29, 0.717) is 55.1 Å². The first kappa shape index (κ1) is 35.2. The Labute approximate surface area is 304 Å². The zero-order valence-corrected chi connectivity index (χ0v) is 29.6. The van der Waals surface area contributed by atoms with Crippen LogP contribution in [-0.2, 0) is 19.4 Å². The van der Waals surface area contributed by atoms with E-state index in [1.54, 1.807) is 62.4 Å². The number of hydrogen-bond donors (Lipinski definition) is 6. The van der Waals surface area contributed by atoms with Crippen LogP contribution in [0.15, 0.2) is 128 Å². The minimum absolute atomic E-state index is 0.0127. The van der Waals surface area contributed by atoms with Crippen LogP contribution >= 0.6 is 23.2 Å². The molecule has 4 aromatic rings. The van der Waals surface area contributed by atoms with Crippen molar-refractivity contribution in [1.82, 2.24) is 10.6 Å². The van der Waals surface area contributed by atoms with Gasteiger partial charge in [-0.05, 0) is 97.8 Å². The normalized spacial score (nSPS) is 17.5. The molecule has 0 aromatic heterocycles. The van der Waals surface area contributed by atoms with Crippen LogP contribution in [0, 0.1) is 0 Å². The van der Waals surface area contributed by atoms with E-state index in [9.17, 15) is 18.0 Å². The van der Waals surface area contributed by atoms with Crippen LogP contribution in [0.1, 0.15) is 25.0 Å². The maximum atomic E-state index is 13.5. The van der Waals surface area contributed by atoms with Gasteiger partial charge in [-0.1, -0.05) is 47.5 Å². The van der Waals surface area contributed by atoms with Crippen molar-refractivity contribution in [3.05, 3.63) is 129 Å². The smallest absolute Gasteiger partial charge is 0.255 e. The lowest BCUT2D eigenvalue weighted by Gasteiger charge is -2.24. The fraction of sp³-hybridized carbons (Fsp3) is 0.111. The van der Waals surface area contributed by atoms with Gasteiger partial charge in [0.05, 0.1) is 44.4 Å². The zero-order valence-electron chi connectivity index (χ0n) is 27.2. The molecule has 2 amide bonds. The number of carbonyl (C=O) groups is 2. The lowest BCUT2D eigenvalue weighted by atomic mass is 9.99. The van der Waals surface area contributed by atoms with Crippen molar-refractivity contribution < 1.29 is 18.0 Å². The molecule has 2 unspecified atom stereocenters. The van der Waals surface area contributed by atoms with Crippen LogP contribution in [0.2, 0.25) is 10.0 Å². The first-order valence-electron chi connectivity index (χ1n) is 15.6. The minimum Gasteiger partial charge on any atom is -0.370 e. The number of sulfone groups is 1. The number of hydrogen-bond acceptors (Lipinski definition) is 10. The van der Waals surface area contributed by atoms with E-state index in [4.69, 9.17) is 34.7 Å². The highest BCUT2D eigenvalue weighted by atomic mass is 35.5. The molecule has 260 valence electrons. The van der Waals surface area contributed by atoms with Crippen molar-refractivity contribution in [1.29, 1.82) is 0 Å². The number of halogens is 2. The largest absolute Gasteiger partial charge is 0.370 e. The third kappa shape index (κ3) is 7.60. The summed E-state index contributed by atoms with van der Waals surface area (Å²) in [6.07, 6.45) is 0. The van der Waals surface area contributed by atoms with E-state index < -0.39 is 33.7 Å². The number of carbonyl (C=O) groups excluding carboxylic acids is 2. The molecule has 0 aliphatic carbocycles. The van der Waals surface area contributed by atoms with Crippen molar-refractivity contribution in [3.8, 4) is 0 Å². The second kappa shape index (κ2) is 14.3. The third-order valence-electron chi connectivity index (χ3n) is 8.15. The van der Waals surface area contributed by atoms with Crippen LogP contribution in [0.25, 0.3) is 11.4 Å². The van der Waals surface area contributed by atoms with Gasteiger partial charge in [-0.15, -0.1) is 0 Å². The molecule has 2 aliphatic rings. The fourth-order valence-corrected chi connectivity index (χ4v) is 7.20. The summed E-state index contributed by atoms with van der Waals surface area (Å²) in [4.78, 5) is 35.5. The van der Waals surface area contributed by atoms with E-state index in [1.807, 2.05) is 0 Å². The summed E-state index contributed by atoms with van der Waals surface area (Å²) in [5.41, 5.74) is 15.7. The van der Waals surface area contributed by atoms with Gasteiger partial charge in [0.15, 0.2) is 11.9 Å². The van der Waals surface area contributed by atoms with Gasteiger partial charge < -0.3 is 32.7 Å². The van der Waals surface area contributed by atoms with Gasteiger partial charge in [0.1, 0.15) is 0 Å². The van der Waals surface area contributed by atoms with Gasteiger partial charge in [-0.25, -0.2) is 18.4 Å². The molecule has 0 radical (unpaired) electrons. The highest BCUT2D eigenvalue weighted by Crippen LogP contribution is 2.29. The Bertz CT molecular complexity index is 2100. The predicted molar refractivity (Wildman–Crippen MR) is 201 cm³/mol. The molecule has 2 heterocycles.